The zero-order chi connectivity index (χ0) is 30.6. The Balaban J connectivity index is 1.39. The van der Waals surface area contributed by atoms with E-state index < -0.39 is 42.4 Å². The maximum atomic E-state index is 13.4. The molecule has 222 valence electrons. The van der Waals surface area contributed by atoms with Crippen LogP contribution in [0.4, 0.5) is 5.95 Å². The van der Waals surface area contributed by atoms with Crippen molar-refractivity contribution in [3.05, 3.63) is 119 Å². The highest BCUT2D eigenvalue weighted by Crippen LogP contribution is 2.37. The maximum absolute atomic E-state index is 13.4. The van der Waals surface area contributed by atoms with Crippen molar-refractivity contribution in [2.45, 2.75) is 24.5 Å². The Labute approximate surface area is 255 Å². The van der Waals surface area contributed by atoms with E-state index in [-0.39, 0.29) is 28.3 Å². The number of carbonyl (C=O) groups is 3. The third kappa shape index (κ3) is 5.91. The van der Waals surface area contributed by atoms with Crippen LogP contribution in [0, 0.1) is 4.64 Å². The zero-order valence-corrected chi connectivity index (χ0v) is 23.8. The number of nitrogen functional groups attached to an aromatic ring is 1. The standard InChI is InChI=1S/C31H25N5O7S/c32-31-34-25-22(26(44)35-31)33-17-36(25)27-24(43-30(39)20-14-8-3-9-15-20)23(42-29(38)19-12-6-2-7-13-19)21(41-27)16-40-28(37)18-10-4-1-5-11-18/h1-15,17,21,23-24,27H,16H2,(H3,32,34,35,44)/t21-,23+,24+,27-/m1/s1. The molecule has 2 aromatic heterocycles. The lowest BCUT2D eigenvalue weighted by Crippen LogP contribution is -2.41. The molecular formula is C31H25N5O7S. The summed E-state index contributed by atoms with van der Waals surface area (Å²) in [7, 11) is 0. The quantitative estimate of drug-likeness (QED) is 0.146. The number of nitrogens with one attached hydrogen (secondary N) is 1. The smallest absolute Gasteiger partial charge is 0.338 e. The van der Waals surface area contributed by atoms with Crippen molar-refractivity contribution >= 4 is 47.2 Å². The second-order valence-electron chi connectivity index (χ2n) is 9.78. The second-order valence-corrected chi connectivity index (χ2v) is 10.2. The van der Waals surface area contributed by atoms with Gasteiger partial charge in [-0.25, -0.2) is 24.4 Å². The van der Waals surface area contributed by atoms with Gasteiger partial charge in [0, 0.05) is 0 Å². The van der Waals surface area contributed by atoms with Crippen molar-refractivity contribution in [1.82, 2.24) is 19.5 Å². The largest absolute Gasteiger partial charge is 0.459 e. The minimum absolute atomic E-state index is 0.0282. The number of rotatable bonds is 8. The number of hydrogen-bond acceptors (Lipinski definition) is 11. The first-order valence-corrected chi connectivity index (χ1v) is 13.9. The Morgan fingerprint density at radius 3 is 1.91 bits per heavy atom. The van der Waals surface area contributed by atoms with Crippen molar-refractivity contribution in [2.24, 2.45) is 0 Å². The Kier molecular flexibility index (Phi) is 8.12. The van der Waals surface area contributed by atoms with Gasteiger partial charge in [0.15, 0.2) is 29.0 Å². The molecule has 6 rings (SSSR count). The SMILES string of the molecule is Nc1nc(=S)c2ncn([C@@H]3O[C@H](COC(=O)c4ccccc4)[C@H](OC(=O)c4ccccc4)[C@@H]3OC(=O)c3ccccc3)c2[nH]1. The molecule has 5 aromatic rings. The number of H-pyrrole nitrogens is 1. The van der Waals surface area contributed by atoms with Gasteiger partial charge in [0.25, 0.3) is 0 Å². The van der Waals surface area contributed by atoms with E-state index in [0.29, 0.717) is 16.7 Å². The highest BCUT2D eigenvalue weighted by Gasteiger charge is 2.51. The van der Waals surface area contributed by atoms with E-state index in [4.69, 9.17) is 36.9 Å². The van der Waals surface area contributed by atoms with Crippen LogP contribution < -0.4 is 5.73 Å². The van der Waals surface area contributed by atoms with Crippen LogP contribution in [-0.4, -0.2) is 62.3 Å². The van der Waals surface area contributed by atoms with Crippen molar-refractivity contribution in [2.75, 3.05) is 12.3 Å². The summed E-state index contributed by atoms with van der Waals surface area (Å²) in [4.78, 5) is 50.8. The number of benzene rings is 3. The zero-order valence-electron chi connectivity index (χ0n) is 22.9. The number of nitrogens with two attached hydrogens (primary N) is 1. The highest BCUT2D eigenvalue weighted by molar-refractivity contribution is 7.71. The molecule has 0 unspecified atom stereocenters. The molecule has 1 aliphatic rings. The fraction of sp³-hybridized carbons (Fsp3) is 0.161. The number of ether oxygens (including phenoxy) is 4. The van der Waals surface area contributed by atoms with Crippen molar-refractivity contribution in [3.8, 4) is 0 Å². The molecule has 3 heterocycles. The van der Waals surface area contributed by atoms with E-state index in [1.165, 1.54) is 10.9 Å². The van der Waals surface area contributed by atoms with E-state index in [2.05, 4.69) is 15.0 Å². The van der Waals surface area contributed by atoms with Crippen LogP contribution >= 0.6 is 12.2 Å². The molecule has 3 N–H and O–H groups in total. The van der Waals surface area contributed by atoms with Gasteiger partial charge in [0.1, 0.15) is 23.9 Å². The summed E-state index contributed by atoms with van der Waals surface area (Å²) in [6.45, 7) is -0.331. The molecule has 1 saturated heterocycles. The number of aromatic amines is 1. The van der Waals surface area contributed by atoms with E-state index >= 15 is 0 Å². The molecule has 0 radical (unpaired) electrons. The first kappa shape index (κ1) is 28.7. The Hall–Kier alpha value is -5.40. The fourth-order valence-corrected chi connectivity index (χ4v) is 5.07. The average molecular weight is 612 g/mol. The number of hydrogen-bond donors (Lipinski definition) is 2. The van der Waals surface area contributed by atoms with Crippen LogP contribution in [0.2, 0.25) is 0 Å². The summed E-state index contributed by atoms with van der Waals surface area (Å²) < 4.78 is 25.6. The molecule has 0 amide bonds. The molecule has 1 fully saturated rings. The van der Waals surface area contributed by atoms with Gasteiger partial charge in [-0.3, -0.25) is 4.57 Å². The molecular weight excluding hydrogens is 586 g/mol. The Morgan fingerprint density at radius 1 is 0.818 bits per heavy atom. The monoisotopic (exact) mass is 611 g/mol. The molecule has 0 aliphatic carbocycles. The highest BCUT2D eigenvalue weighted by atomic mass is 32.1. The number of anilines is 1. The van der Waals surface area contributed by atoms with Crippen LogP contribution in [0.25, 0.3) is 11.2 Å². The molecule has 0 bridgehead atoms. The first-order valence-electron chi connectivity index (χ1n) is 13.5. The van der Waals surface area contributed by atoms with E-state index in [0.717, 1.165) is 0 Å². The lowest BCUT2D eigenvalue weighted by atomic mass is 10.1. The van der Waals surface area contributed by atoms with Crippen molar-refractivity contribution in [3.63, 3.8) is 0 Å². The molecule has 13 heteroatoms. The van der Waals surface area contributed by atoms with E-state index in [9.17, 15) is 14.4 Å². The number of carbonyl (C=O) groups excluding carboxylic acids is 3. The van der Waals surface area contributed by atoms with E-state index in [1.807, 2.05) is 0 Å². The van der Waals surface area contributed by atoms with Crippen LogP contribution in [0.1, 0.15) is 37.3 Å². The molecule has 3 aromatic carbocycles. The first-order chi connectivity index (χ1) is 21.4. The average Bonchev–Trinajstić information content (AvgIpc) is 3.62. The third-order valence-corrected chi connectivity index (χ3v) is 7.20. The Morgan fingerprint density at radius 2 is 1.34 bits per heavy atom. The van der Waals surface area contributed by atoms with Crippen LogP contribution in [0.3, 0.4) is 0 Å². The lowest BCUT2D eigenvalue weighted by Gasteiger charge is -2.25. The van der Waals surface area contributed by atoms with Crippen LogP contribution in [-0.2, 0) is 18.9 Å². The molecule has 1 aliphatic heterocycles. The number of esters is 3. The third-order valence-electron chi connectivity index (χ3n) is 6.92. The molecule has 12 nitrogen and oxygen atoms in total. The van der Waals surface area contributed by atoms with Gasteiger partial charge in [0.05, 0.1) is 23.0 Å². The Bertz CT molecular complexity index is 1860. The van der Waals surface area contributed by atoms with Crippen molar-refractivity contribution in [1.29, 1.82) is 0 Å². The molecule has 4 atom stereocenters. The maximum Gasteiger partial charge on any atom is 0.338 e. The normalized spacial score (nSPS) is 19.4. The van der Waals surface area contributed by atoms with Crippen LogP contribution in [0.15, 0.2) is 97.3 Å². The minimum atomic E-state index is -1.23. The summed E-state index contributed by atoms with van der Waals surface area (Å²) in [5, 5.41) is 0. The van der Waals surface area contributed by atoms with Gasteiger partial charge in [0.2, 0.25) is 0 Å². The van der Waals surface area contributed by atoms with E-state index in [1.54, 1.807) is 91.0 Å². The van der Waals surface area contributed by atoms with Gasteiger partial charge in [-0.1, -0.05) is 66.8 Å². The number of nitrogens with zero attached hydrogens (tertiary/aromatic N) is 3. The predicted molar refractivity (Wildman–Crippen MR) is 159 cm³/mol. The predicted octanol–water partition coefficient (Wildman–Crippen LogP) is 4.28. The molecule has 0 saturated carbocycles. The number of fused-ring (bicyclic) bond motifs is 1. The summed E-state index contributed by atoms with van der Waals surface area (Å²) >= 11 is 5.33. The summed E-state index contributed by atoms with van der Waals surface area (Å²) in [5.74, 6) is -1.96. The number of imidazole rings is 1. The topological polar surface area (TPSA) is 161 Å². The summed E-state index contributed by atoms with van der Waals surface area (Å²) in [6, 6.07) is 25.0. The van der Waals surface area contributed by atoms with Gasteiger partial charge in [-0.15, -0.1) is 0 Å². The molecule has 44 heavy (non-hydrogen) atoms. The van der Waals surface area contributed by atoms with Crippen LogP contribution in [0.5, 0.6) is 0 Å². The lowest BCUT2D eigenvalue weighted by molar-refractivity contribution is -0.0606. The molecule has 0 spiro atoms. The van der Waals surface area contributed by atoms with Gasteiger partial charge in [-0.05, 0) is 36.4 Å². The number of aromatic nitrogens is 4. The van der Waals surface area contributed by atoms with Gasteiger partial charge < -0.3 is 29.7 Å². The van der Waals surface area contributed by atoms with Crippen molar-refractivity contribution < 1.29 is 33.3 Å². The minimum Gasteiger partial charge on any atom is -0.459 e. The fourth-order valence-electron chi connectivity index (χ4n) is 4.83. The van der Waals surface area contributed by atoms with Gasteiger partial charge in [-0.2, -0.15) is 0 Å². The second kappa shape index (κ2) is 12.5. The van der Waals surface area contributed by atoms with Gasteiger partial charge >= 0.3 is 17.9 Å². The summed E-state index contributed by atoms with van der Waals surface area (Å²) in [6.07, 6.45) is -3.21. The summed E-state index contributed by atoms with van der Waals surface area (Å²) in [5.41, 5.74) is 7.45.